The highest BCUT2D eigenvalue weighted by molar-refractivity contribution is 7.22. The van der Waals surface area contributed by atoms with Crippen molar-refractivity contribution in [1.82, 2.24) is 4.98 Å². The van der Waals surface area contributed by atoms with Crippen LogP contribution in [-0.2, 0) is 6.18 Å². The normalized spacial score (nSPS) is 11.6. The summed E-state index contributed by atoms with van der Waals surface area (Å²) < 4.78 is 44.2. The first-order chi connectivity index (χ1) is 12.6. The number of nitrogens with zero attached hydrogens (tertiary/aromatic N) is 1. The maximum Gasteiger partial charge on any atom is 0.416 e. The van der Waals surface area contributed by atoms with Gasteiger partial charge in [-0.05, 0) is 36.8 Å². The van der Waals surface area contributed by atoms with Crippen LogP contribution in [0.25, 0.3) is 10.2 Å². The Bertz CT molecular complexity index is 1050. The van der Waals surface area contributed by atoms with E-state index in [0.29, 0.717) is 5.56 Å². The maximum absolute atomic E-state index is 13.0. The molecule has 142 valence electrons. The number of alkyl halides is 3. The largest absolute Gasteiger partial charge is 0.507 e. The van der Waals surface area contributed by atoms with E-state index in [4.69, 9.17) is 16.3 Å². The van der Waals surface area contributed by atoms with Crippen molar-refractivity contribution in [2.45, 2.75) is 13.1 Å². The van der Waals surface area contributed by atoms with E-state index in [9.17, 15) is 23.1 Å². The molecule has 1 amide bonds. The molecule has 1 heterocycles. The number of aromatic nitrogens is 1. The van der Waals surface area contributed by atoms with Crippen LogP contribution >= 0.6 is 22.9 Å². The SMILES string of the molecule is COc1cc(C(F)(F)F)cc2sc(NC(=O)c3cc(Cl)cc(C)c3O)nc12. The lowest BCUT2D eigenvalue weighted by atomic mass is 10.1. The van der Waals surface area contributed by atoms with Crippen LogP contribution in [0.1, 0.15) is 21.5 Å². The molecule has 0 radical (unpaired) electrons. The summed E-state index contributed by atoms with van der Waals surface area (Å²) in [4.78, 5) is 16.5. The van der Waals surface area contributed by atoms with Gasteiger partial charge in [0, 0.05) is 5.02 Å². The number of halogens is 4. The number of fused-ring (bicyclic) bond motifs is 1. The number of methoxy groups -OCH3 is 1. The van der Waals surface area contributed by atoms with Crippen molar-refractivity contribution in [2.75, 3.05) is 12.4 Å². The predicted molar refractivity (Wildman–Crippen MR) is 97.0 cm³/mol. The third kappa shape index (κ3) is 3.79. The Kier molecular flexibility index (Phi) is 4.92. The Morgan fingerprint density at radius 1 is 1.30 bits per heavy atom. The Labute approximate surface area is 160 Å². The fraction of sp³-hybridized carbons (Fsp3) is 0.176. The second kappa shape index (κ2) is 6.90. The second-order valence-corrected chi connectivity index (χ2v) is 7.08. The van der Waals surface area contributed by atoms with Gasteiger partial charge in [-0.25, -0.2) is 4.98 Å². The number of aryl methyl sites for hydroxylation is 1. The summed E-state index contributed by atoms with van der Waals surface area (Å²) in [5, 5.41) is 12.8. The van der Waals surface area contributed by atoms with Crippen molar-refractivity contribution in [1.29, 1.82) is 0 Å². The number of benzene rings is 2. The molecule has 27 heavy (non-hydrogen) atoms. The van der Waals surface area contributed by atoms with E-state index in [-0.39, 0.29) is 37.4 Å². The highest BCUT2D eigenvalue weighted by Crippen LogP contribution is 2.39. The molecule has 0 atom stereocenters. The minimum absolute atomic E-state index is 0.0574. The van der Waals surface area contributed by atoms with Crippen LogP contribution in [0.15, 0.2) is 24.3 Å². The van der Waals surface area contributed by atoms with Gasteiger partial charge in [-0.2, -0.15) is 13.2 Å². The van der Waals surface area contributed by atoms with Gasteiger partial charge in [0.1, 0.15) is 17.0 Å². The molecule has 0 fully saturated rings. The molecular formula is C17H12ClF3N2O3S. The molecular weight excluding hydrogens is 405 g/mol. The monoisotopic (exact) mass is 416 g/mol. The number of ether oxygens (including phenoxy) is 1. The number of hydrogen-bond donors (Lipinski definition) is 2. The van der Waals surface area contributed by atoms with Crippen LogP contribution in [0.4, 0.5) is 18.3 Å². The van der Waals surface area contributed by atoms with Gasteiger partial charge >= 0.3 is 6.18 Å². The van der Waals surface area contributed by atoms with Gasteiger partial charge < -0.3 is 9.84 Å². The van der Waals surface area contributed by atoms with Crippen LogP contribution in [0.2, 0.25) is 5.02 Å². The van der Waals surface area contributed by atoms with E-state index in [0.717, 1.165) is 23.5 Å². The topological polar surface area (TPSA) is 71.5 Å². The summed E-state index contributed by atoms with van der Waals surface area (Å²) in [5.41, 5.74) is -0.343. The first-order valence-electron chi connectivity index (χ1n) is 7.46. The number of amides is 1. The van der Waals surface area contributed by atoms with Crippen molar-refractivity contribution in [2.24, 2.45) is 0 Å². The van der Waals surface area contributed by atoms with Gasteiger partial charge in [0.25, 0.3) is 5.91 Å². The fourth-order valence-corrected chi connectivity index (χ4v) is 3.64. The zero-order chi connectivity index (χ0) is 19.9. The van der Waals surface area contributed by atoms with E-state index in [1.807, 2.05) is 0 Å². The van der Waals surface area contributed by atoms with Gasteiger partial charge in [-0.15, -0.1) is 0 Å². The Morgan fingerprint density at radius 3 is 2.63 bits per heavy atom. The van der Waals surface area contributed by atoms with E-state index in [1.54, 1.807) is 6.92 Å². The number of rotatable bonds is 3. The standard InChI is InChI=1S/C17H12ClF3N2O3S/c1-7-3-9(18)6-10(14(7)24)15(25)23-16-22-13-11(26-2)4-8(17(19,20)21)5-12(13)27-16/h3-6,24H,1-2H3,(H,22,23,25). The molecule has 0 aliphatic rings. The highest BCUT2D eigenvalue weighted by Gasteiger charge is 2.32. The van der Waals surface area contributed by atoms with Gasteiger partial charge in [-0.3, -0.25) is 10.1 Å². The Balaban J connectivity index is 2.00. The molecule has 2 aromatic carbocycles. The first kappa shape index (κ1) is 19.2. The molecule has 2 N–H and O–H groups in total. The van der Waals surface area contributed by atoms with Crippen molar-refractivity contribution in [3.05, 3.63) is 46.0 Å². The molecule has 0 unspecified atom stereocenters. The van der Waals surface area contributed by atoms with E-state index in [2.05, 4.69) is 10.3 Å². The third-order valence-electron chi connectivity index (χ3n) is 3.74. The zero-order valence-electron chi connectivity index (χ0n) is 13.9. The quantitative estimate of drug-likeness (QED) is 0.612. The van der Waals surface area contributed by atoms with Crippen molar-refractivity contribution >= 4 is 44.2 Å². The lowest BCUT2D eigenvalue weighted by Crippen LogP contribution is -2.12. The van der Waals surface area contributed by atoms with Gasteiger partial charge in [0.15, 0.2) is 5.13 Å². The molecule has 1 aromatic heterocycles. The van der Waals surface area contributed by atoms with E-state index >= 15 is 0 Å². The lowest BCUT2D eigenvalue weighted by molar-refractivity contribution is -0.137. The molecule has 0 bridgehead atoms. The summed E-state index contributed by atoms with van der Waals surface area (Å²) in [7, 11) is 1.24. The summed E-state index contributed by atoms with van der Waals surface area (Å²) in [5.74, 6) is -0.986. The molecule has 0 saturated carbocycles. The fourth-order valence-electron chi connectivity index (χ4n) is 2.44. The van der Waals surface area contributed by atoms with Crippen LogP contribution in [0.5, 0.6) is 11.5 Å². The maximum atomic E-state index is 13.0. The van der Waals surface area contributed by atoms with Crippen LogP contribution in [0.3, 0.4) is 0 Å². The molecule has 0 aliphatic heterocycles. The Morgan fingerprint density at radius 2 is 2.00 bits per heavy atom. The number of hydrogen-bond acceptors (Lipinski definition) is 5. The highest BCUT2D eigenvalue weighted by atomic mass is 35.5. The molecule has 0 aliphatic carbocycles. The number of carbonyl (C=O) groups is 1. The number of aromatic hydroxyl groups is 1. The van der Waals surface area contributed by atoms with Gasteiger partial charge in [0.2, 0.25) is 0 Å². The molecule has 5 nitrogen and oxygen atoms in total. The first-order valence-corrected chi connectivity index (χ1v) is 8.66. The van der Waals surface area contributed by atoms with Crippen molar-refractivity contribution in [3.63, 3.8) is 0 Å². The number of thiazole rings is 1. The van der Waals surface area contributed by atoms with Crippen LogP contribution in [-0.4, -0.2) is 23.1 Å². The summed E-state index contributed by atoms with van der Waals surface area (Å²) in [6.45, 7) is 1.58. The van der Waals surface area contributed by atoms with E-state index in [1.165, 1.54) is 19.2 Å². The third-order valence-corrected chi connectivity index (χ3v) is 4.87. The lowest BCUT2D eigenvalue weighted by Gasteiger charge is -2.08. The Hall–Kier alpha value is -2.52. The molecule has 0 spiro atoms. The van der Waals surface area contributed by atoms with Gasteiger partial charge in [0.05, 0.1) is 22.9 Å². The average molecular weight is 417 g/mol. The predicted octanol–water partition coefficient (Wildman–Crippen LogP) is 5.24. The molecule has 3 rings (SSSR count). The summed E-state index contributed by atoms with van der Waals surface area (Å²) >= 11 is 6.76. The number of phenols is 1. The second-order valence-electron chi connectivity index (χ2n) is 5.62. The number of carbonyl (C=O) groups excluding carboxylic acids is 1. The van der Waals surface area contributed by atoms with Crippen molar-refractivity contribution in [3.8, 4) is 11.5 Å². The molecule has 3 aromatic rings. The zero-order valence-corrected chi connectivity index (χ0v) is 15.5. The summed E-state index contributed by atoms with van der Waals surface area (Å²) in [6, 6.07) is 4.57. The van der Waals surface area contributed by atoms with Crippen LogP contribution < -0.4 is 10.1 Å². The number of nitrogens with one attached hydrogen (secondary N) is 1. The van der Waals surface area contributed by atoms with E-state index < -0.39 is 17.6 Å². The smallest absolute Gasteiger partial charge is 0.416 e. The number of phenolic OH excluding ortho intramolecular Hbond substituents is 1. The van der Waals surface area contributed by atoms with Gasteiger partial charge in [-0.1, -0.05) is 22.9 Å². The van der Waals surface area contributed by atoms with Crippen molar-refractivity contribution < 1.29 is 27.8 Å². The summed E-state index contributed by atoms with van der Waals surface area (Å²) in [6.07, 6.45) is -4.54. The number of anilines is 1. The minimum Gasteiger partial charge on any atom is -0.507 e. The van der Waals surface area contributed by atoms with Crippen LogP contribution in [0, 0.1) is 6.92 Å². The molecule has 10 heteroatoms. The minimum atomic E-state index is -4.54. The average Bonchev–Trinajstić information content (AvgIpc) is 2.98. The molecule has 0 saturated heterocycles.